The van der Waals surface area contributed by atoms with E-state index in [0.29, 0.717) is 18.1 Å². The highest BCUT2D eigenvalue weighted by Gasteiger charge is 2.46. The zero-order valence-corrected chi connectivity index (χ0v) is 10.1. The lowest BCUT2D eigenvalue weighted by molar-refractivity contribution is -0.122. The molecule has 0 aromatic rings. The van der Waals surface area contributed by atoms with Gasteiger partial charge in [0.25, 0.3) is 0 Å². The molecule has 0 aliphatic heterocycles. The molecule has 0 radical (unpaired) electrons. The van der Waals surface area contributed by atoms with Gasteiger partial charge in [0.2, 0.25) is 0 Å². The van der Waals surface area contributed by atoms with E-state index in [0.717, 1.165) is 12.8 Å². The molecular formula is C12H19NO3. The van der Waals surface area contributed by atoms with Crippen LogP contribution in [0.1, 0.15) is 40.0 Å². The van der Waals surface area contributed by atoms with Crippen LogP contribution in [-0.4, -0.2) is 23.5 Å². The van der Waals surface area contributed by atoms with E-state index in [1.54, 1.807) is 0 Å². The van der Waals surface area contributed by atoms with Crippen LogP contribution in [0.15, 0.2) is 0 Å². The third-order valence-corrected chi connectivity index (χ3v) is 3.27. The molecule has 3 atom stereocenters. The average Bonchev–Trinajstić information content (AvgIpc) is 2.57. The van der Waals surface area contributed by atoms with Crippen LogP contribution in [0.3, 0.4) is 0 Å². The lowest BCUT2D eigenvalue weighted by atomic mass is 9.94. The Morgan fingerprint density at radius 2 is 2.06 bits per heavy atom. The molecule has 0 spiro atoms. The van der Waals surface area contributed by atoms with E-state index in [4.69, 9.17) is 4.74 Å². The largest absolute Gasteiger partial charge is 0.444 e. The van der Waals surface area contributed by atoms with Crippen LogP contribution in [-0.2, 0) is 9.53 Å². The van der Waals surface area contributed by atoms with E-state index in [1.165, 1.54) is 0 Å². The van der Waals surface area contributed by atoms with Gasteiger partial charge in [-0.25, -0.2) is 4.79 Å². The minimum atomic E-state index is -0.480. The Morgan fingerprint density at radius 1 is 1.38 bits per heavy atom. The molecule has 2 aliphatic carbocycles. The van der Waals surface area contributed by atoms with Crippen LogP contribution >= 0.6 is 0 Å². The van der Waals surface area contributed by atoms with Crippen LogP contribution in [0, 0.1) is 11.8 Å². The third kappa shape index (κ3) is 2.36. The van der Waals surface area contributed by atoms with Crippen molar-refractivity contribution in [2.75, 3.05) is 0 Å². The van der Waals surface area contributed by atoms with Gasteiger partial charge in [-0.15, -0.1) is 0 Å². The Labute approximate surface area is 95.7 Å². The molecule has 16 heavy (non-hydrogen) atoms. The predicted molar refractivity (Wildman–Crippen MR) is 59.0 cm³/mol. The first-order valence-corrected chi connectivity index (χ1v) is 5.87. The smallest absolute Gasteiger partial charge is 0.407 e. The van der Waals surface area contributed by atoms with Crippen LogP contribution in [0.2, 0.25) is 0 Å². The molecular weight excluding hydrogens is 206 g/mol. The van der Waals surface area contributed by atoms with E-state index in [2.05, 4.69) is 5.32 Å². The van der Waals surface area contributed by atoms with E-state index < -0.39 is 11.7 Å². The summed E-state index contributed by atoms with van der Waals surface area (Å²) in [6.45, 7) is 5.50. The van der Waals surface area contributed by atoms with Gasteiger partial charge in [0.05, 0.1) is 0 Å². The number of alkyl carbamates (subject to hydrolysis) is 1. The van der Waals surface area contributed by atoms with Crippen LogP contribution in [0.25, 0.3) is 0 Å². The molecule has 4 nitrogen and oxygen atoms in total. The fourth-order valence-electron chi connectivity index (χ4n) is 2.72. The number of hydrogen-bond acceptors (Lipinski definition) is 3. The summed E-state index contributed by atoms with van der Waals surface area (Å²) in [6, 6.07) is 0.00102. The van der Waals surface area contributed by atoms with Crippen molar-refractivity contribution in [3.05, 3.63) is 0 Å². The Morgan fingerprint density at radius 3 is 2.56 bits per heavy atom. The number of ketones is 1. The van der Waals surface area contributed by atoms with Gasteiger partial charge in [-0.3, -0.25) is 4.79 Å². The highest BCUT2D eigenvalue weighted by atomic mass is 16.6. The Balaban J connectivity index is 1.87. The number of amides is 1. The molecule has 1 N–H and O–H groups in total. The Kier molecular flexibility index (Phi) is 2.68. The van der Waals surface area contributed by atoms with Gasteiger partial charge in [-0.1, -0.05) is 0 Å². The molecule has 0 unspecified atom stereocenters. The van der Waals surface area contributed by atoms with Gasteiger partial charge in [-0.05, 0) is 39.5 Å². The molecule has 0 saturated heterocycles. The van der Waals surface area contributed by atoms with E-state index in [1.807, 2.05) is 20.8 Å². The van der Waals surface area contributed by atoms with Crippen molar-refractivity contribution in [3.8, 4) is 0 Å². The minimum absolute atomic E-state index is 0.00102. The minimum Gasteiger partial charge on any atom is -0.444 e. The quantitative estimate of drug-likeness (QED) is 0.741. The first-order valence-electron chi connectivity index (χ1n) is 5.87. The molecule has 2 bridgehead atoms. The molecule has 2 aliphatic rings. The standard InChI is InChI=1S/C12H19NO3/c1-12(2,3)16-11(15)13-9-5-7-4-8(9)10(14)6-7/h7-9H,4-6H2,1-3H3,(H,13,15)/t7-,8-,9-/m1/s1. The monoisotopic (exact) mass is 225 g/mol. The molecule has 2 rings (SSSR count). The van der Waals surface area contributed by atoms with E-state index in [-0.39, 0.29) is 12.0 Å². The second-order valence-corrected chi connectivity index (χ2v) is 5.87. The molecule has 4 heteroatoms. The highest BCUT2D eigenvalue weighted by molar-refractivity contribution is 5.86. The van der Waals surface area contributed by atoms with Gasteiger partial charge in [0, 0.05) is 18.4 Å². The normalized spacial score (nSPS) is 32.9. The second kappa shape index (κ2) is 3.75. The molecule has 1 amide bonds. The number of fused-ring (bicyclic) bond motifs is 2. The molecule has 0 aromatic carbocycles. The maximum Gasteiger partial charge on any atom is 0.407 e. The number of carbonyl (C=O) groups excluding carboxylic acids is 2. The summed E-state index contributed by atoms with van der Waals surface area (Å²) >= 11 is 0. The Hall–Kier alpha value is -1.06. The average molecular weight is 225 g/mol. The van der Waals surface area contributed by atoms with Gasteiger partial charge >= 0.3 is 6.09 Å². The zero-order valence-electron chi connectivity index (χ0n) is 10.1. The van der Waals surface area contributed by atoms with Crippen LogP contribution in [0.4, 0.5) is 4.79 Å². The molecule has 0 aromatic heterocycles. The van der Waals surface area contributed by atoms with Crippen molar-refractivity contribution in [2.24, 2.45) is 11.8 Å². The van der Waals surface area contributed by atoms with Crippen molar-refractivity contribution < 1.29 is 14.3 Å². The van der Waals surface area contributed by atoms with Crippen molar-refractivity contribution in [1.29, 1.82) is 0 Å². The number of ether oxygens (including phenoxy) is 1. The summed E-state index contributed by atoms with van der Waals surface area (Å²) < 4.78 is 5.18. The number of rotatable bonds is 1. The number of hydrogen-bond donors (Lipinski definition) is 1. The summed E-state index contributed by atoms with van der Waals surface area (Å²) in [5.41, 5.74) is -0.480. The number of carbonyl (C=O) groups is 2. The van der Waals surface area contributed by atoms with Crippen molar-refractivity contribution in [2.45, 2.75) is 51.7 Å². The van der Waals surface area contributed by atoms with Crippen LogP contribution in [0.5, 0.6) is 0 Å². The first-order chi connectivity index (χ1) is 7.35. The molecule has 2 fully saturated rings. The molecule has 0 heterocycles. The maximum absolute atomic E-state index is 11.6. The van der Waals surface area contributed by atoms with Gasteiger partial charge in [-0.2, -0.15) is 0 Å². The fraction of sp³-hybridized carbons (Fsp3) is 0.833. The number of nitrogens with one attached hydrogen (secondary N) is 1. The van der Waals surface area contributed by atoms with Gasteiger partial charge < -0.3 is 10.1 Å². The van der Waals surface area contributed by atoms with Crippen LogP contribution < -0.4 is 5.32 Å². The van der Waals surface area contributed by atoms with Crippen molar-refractivity contribution >= 4 is 11.9 Å². The van der Waals surface area contributed by atoms with Gasteiger partial charge in [0.1, 0.15) is 11.4 Å². The van der Waals surface area contributed by atoms with Crippen molar-refractivity contribution in [1.82, 2.24) is 5.32 Å². The van der Waals surface area contributed by atoms with Crippen molar-refractivity contribution in [3.63, 3.8) is 0 Å². The topological polar surface area (TPSA) is 55.4 Å². The fourth-order valence-corrected chi connectivity index (χ4v) is 2.72. The lowest BCUT2D eigenvalue weighted by Gasteiger charge is -2.25. The zero-order chi connectivity index (χ0) is 11.9. The third-order valence-electron chi connectivity index (χ3n) is 3.27. The van der Waals surface area contributed by atoms with E-state index in [9.17, 15) is 9.59 Å². The summed E-state index contributed by atoms with van der Waals surface area (Å²) in [4.78, 5) is 23.1. The highest BCUT2D eigenvalue weighted by Crippen LogP contribution is 2.42. The summed E-state index contributed by atoms with van der Waals surface area (Å²) in [6.07, 6.45) is 2.17. The predicted octanol–water partition coefficient (Wildman–Crippen LogP) is 1.88. The lowest BCUT2D eigenvalue weighted by Crippen LogP contribution is -2.43. The SMILES string of the molecule is CC(C)(C)OC(=O)N[C@@H]1C[C@@H]2CC(=O)[C@@H]1C2. The second-order valence-electron chi connectivity index (χ2n) is 5.87. The number of Topliss-reactive ketones (excluding diaryl/α,β-unsaturated/α-hetero) is 1. The maximum atomic E-state index is 11.6. The first kappa shape index (κ1) is 11.4. The summed E-state index contributed by atoms with van der Waals surface area (Å²) in [5, 5.41) is 2.82. The van der Waals surface area contributed by atoms with E-state index >= 15 is 0 Å². The summed E-state index contributed by atoms with van der Waals surface area (Å²) in [5.74, 6) is 0.826. The molecule has 90 valence electrons. The summed E-state index contributed by atoms with van der Waals surface area (Å²) in [7, 11) is 0. The van der Waals surface area contributed by atoms with Gasteiger partial charge in [0.15, 0.2) is 0 Å². The Bertz CT molecular complexity index is 319. The molecule has 2 saturated carbocycles.